The number of esters is 1. The van der Waals surface area contributed by atoms with Gasteiger partial charge in [-0.2, -0.15) is 13.2 Å². The highest BCUT2D eigenvalue weighted by Crippen LogP contribution is 2.41. The van der Waals surface area contributed by atoms with Crippen LogP contribution in [0.3, 0.4) is 0 Å². The van der Waals surface area contributed by atoms with Crippen molar-refractivity contribution in [2.45, 2.75) is 18.6 Å². The Morgan fingerprint density at radius 2 is 1.68 bits per heavy atom. The van der Waals surface area contributed by atoms with Crippen molar-refractivity contribution in [2.75, 3.05) is 7.11 Å². The van der Waals surface area contributed by atoms with Crippen LogP contribution in [0.15, 0.2) is 36.4 Å². The second-order valence-electron chi connectivity index (χ2n) is 6.20. The minimum absolute atomic E-state index is 0.0290. The number of nitrogens with one attached hydrogen (secondary N) is 1. The van der Waals surface area contributed by atoms with Gasteiger partial charge in [-0.05, 0) is 34.9 Å². The second-order valence-corrected chi connectivity index (χ2v) is 7.80. The van der Waals surface area contributed by atoms with Crippen LogP contribution < -0.4 is 5.32 Å². The summed E-state index contributed by atoms with van der Waals surface area (Å²) >= 11 is 23.7. The summed E-state index contributed by atoms with van der Waals surface area (Å²) in [4.78, 5) is 22.5. The van der Waals surface area contributed by atoms with E-state index >= 15 is 0 Å². The number of carbonyl (C=O) groups excluding carboxylic acids is 2. The van der Waals surface area contributed by atoms with Gasteiger partial charge >= 0.3 is 18.1 Å². The average molecular weight is 515 g/mol. The largest absolute Gasteiger partial charge is 0.462 e. The molecule has 31 heavy (non-hydrogen) atoms. The van der Waals surface area contributed by atoms with Gasteiger partial charge in [-0.3, -0.25) is 4.79 Å². The number of hydrogen-bond acceptors (Lipinski definition) is 3. The van der Waals surface area contributed by atoms with Gasteiger partial charge in [0.25, 0.3) is 0 Å². The smallest absolute Gasteiger partial charge is 0.399 e. The zero-order valence-corrected chi connectivity index (χ0v) is 18.7. The monoisotopic (exact) mass is 513 g/mol. The van der Waals surface area contributed by atoms with Gasteiger partial charge in [-0.15, -0.1) is 0 Å². The molecule has 0 aliphatic heterocycles. The van der Waals surface area contributed by atoms with Crippen molar-refractivity contribution in [3.63, 3.8) is 0 Å². The summed E-state index contributed by atoms with van der Waals surface area (Å²) in [5, 5.41) is 2.30. The molecule has 0 saturated heterocycles. The highest BCUT2D eigenvalue weighted by atomic mass is 35.5. The molecule has 1 unspecified atom stereocenters. The molecule has 2 aromatic carbocycles. The lowest BCUT2D eigenvalue weighted by Crippen LogP contribution is -2.31. The van der Waals surface area contributed by atoms with Gasteiger partial charge in [0.1, 0.15) is 0 Å². The molecule has 1 atom stereocenters. The molecule has 0 aliphatic rings. The standard InChI is InChI=1S/C20H14Cl4F3NO3/c1-31-19(30)18(29)28-9-11-4-2-10(6-14(11)21)3-5-13(20(25,26)27)12-7-15(22)17(24)16(23)8-12/h2-8,13H,9H2,1H3,(H,28,29)/b5-3+. The Bertz CT molecular complexity index is 1000. The SMILES string of the molecule is COC(=O)C(=O)NCc1ccc(/C=C/C(c2cc(Cl)c(Cl)c(Cl)c2)C(F)(F)F)cc1Cl. The quantitative estimate of drug-likeness (QED) is 0.283. The fourth-order valence-electron chi connectivity index (χ4n) is 2.52. The molecule has 2 aromatic rings. The molecule has 166 valence electrons. The summed E-state index contributed by atoms with van der Waals surface area (Å²) in [7, 11) is 1.07. The van der Waals surface area contributed by atoms with Crippen molar-refractivity contribution in [3.8, 4) is 0 Å². The number of halogens is 7. The van der Waals surface area contributed by atoms with Gasteiger partial charge in [0, 0.05) is 11.6 Å². The number of amides is 1. The number of benzene rings is 2. The Morgan fingerprint density at radius 3 is 2.19 bits per heavy atom. The summed E-state index contributed by atoms with van der Waals surface area (Å²) in [5.74, 6) is -4.00. The van der Waals surface area contributed by atoms with Crippen molar-refractivity contribution < 1.29 is 27.5 Å². The first-order valence-corrected chi connectivity index (χ1v) is 9.99. The third-order valence-electron chi connectivity index (χ3n) is 4.09. The predicted octanol–water partition coefficient (Wildman–Crippen LogP) is 6.45. The van der Waals surface area contributed by atoms with Crippen LogP contribution in [0.1, 0.15) is 22.6 Å². The summed E-state index contributed by atoms with van der Waals surface area (Å²) in [6.45, 7) is -0.0658. The fraction of sp³-hybridized carbons (Fsp3) is 0.200. The van der Waals surface area contributed by atoms with Gasteiger partial charge in [0.05, 0.1) is 28.1 Å². The topological polar surface area (TPSA) is 55.4 Å². The summed E-state index contributed by atoms with van der Waals surface area (Å²) in [5.41, 5.74) is 0.671. The van der Waals surface area contributed by atoms with Crippen molar-refractivity contribution >= 4 is 64.4 Å². The Balaban J connectivity index is 2.24. The highest BCUT2D eigenvalue weighted by Gasteiger charge is 2.39. The van der Waals surface area contributed by atoms with E-state index in [1.165, 1.54) is 24.3 Å². The van der Waals surface area contributed by atoms with Gasteiger partial charge < -0.3 is 10.1 Å². The van der Waals surface area contributed by atoms with E-state index < -0.39 is 24.0 Å². The van der Waals surface area contributed by atoms with Crippen LogP contribution in [0.5, 0.6) is 0 Å². The predicted molar refractivity (Wildman–Crippen MR) is 115 cm³/mol. The molecular weight excluding hydrogens is 501 g/mol. The molecule has 0 saturated carbocycles. The Kier molecular flexibility index (Phi) is 8.65. The lowest BCUT2D eigenvalue weighted by Gasteiger charge is -2.18. The first kappa shape index (κ1) is 25.3. The van der Waals surface area contributed by atoms with Crippen LogP contribution in [0, 0.1) is 0 Å². The van der Waals surface area contributed by atoms with Crippen LogP contribution in [0.25, 0.3) is 6.08 Å². The first-order valence-electron chi connectivity index (χ1n) is 8.48. The van der Waals surface area contributed by atoms with Gasteiger partial charge in [-0.25, -0.2) is 4.79 Å². The van der Waals surface area contributed by atoms with Gasteiger partial charge in [0.2, 0.25) is 0 Å². The lowest BCUT2D eigenvalue weighted by molar-refractivity contribution is -0.152. The summed E-state index contributed by atoms with van der Waals surface area (Å²) < 4.78 is 45.1. The van der Waals surface area contributed by atoms with E-state index in [1.807, 2.05) is 0 Å². The summed E-state index contributed by atoms with van der Waals surface area (Å²) in [6.07, 6.45) is -2.42. The van der Waals surface area contributed by atoms with E-state index in [9.17, 15) is 22.8 Å². The minimum Gasteiger partial charge on any atom is -0.462 e. The third kappa shape index (κ3) is 6.77. The lowest BCUT2D eigenvalue weighted by atomic mass is 9.97. The van der Waals surface area contributed by atoms with E-state index in [4.69, 9.17) is 46.4 Å². The zero-order chi connectivity index (χ0) is 23.3. The molecule has 11 heteroatoms. The van der Waals surface area contributed by atoms with Crippen LogP contribution in [0.2, 0.25) is 20.1 Å². The van der Waals surface area contributed by atoms with E-state index in [1.54, 1.807) is 0 Å². The molecule has 2 rings (SSSR count). The molecule has 1 amide bonds. The van der Waals surface area contributed by atoms with E-state index in [2.05, 4.69) is 10.1 Å². The highest BCUT2D eigenvalue weighted by molar-refractivity contribution is 6.48. The summed E-state index contributed by atoms with van der Waals surface area (Å²) in [6, 6.07) is 6.67. The Hall–Kier alpha value is -1.93. The second kappa shape index (κ2) is 10.6. The Morgan fingerprint density at radius 1 is 1.06 bits per heavy atom. The molecule has 0 bridgehead atoms. The maximum absolute atomic E-state index is 13.6. The zero-order valence-electron chi connectivity index (χ0n) is 15.7. The third-order valence-corrected chi connectivity index (χ3v) is 5.64. The molecule has 1 N–H and O–H groups in total. The number of methoxy groups -OCH3 is 1. The minimum atomic E-state index is -4.61. The molecule has 0 aliphatic carbocycles. The average Bonchev–Trinajstić information content (AvgIpc) is 2.69. The number of rotatable bonds is 5. The van der Waals surface area contributed by atoms with Gasteiger partial charge in [-0.1, -0.05) is 70.7 Å². The molecular formula is C20H14Cl4F3NO3. The van der Waals surface area contributed by atoms with Crippen LogP contribution >= 0.6 is 46.4 Å². The molecule has 4 nitrogen and oxygen atoms in total. The number of alkyl halides is 3. The van der Waals surface area contributed by atoms with Crippen molar-refractivity contribution in [3.05, 3.63) is 73.2 Å². The van der Waals surface area contributed by atoms with Gasteiger partial charge in [0.15, 0.2) is 0 Å². The molecule has 0 spiro atoms. The normalized spacial score (nSPS) is 12.6. The van der Waals surface area contributed by atoms with Crippen LogP contribution in [-0.2, 0) is 20.9 Å². The van der Waals surface area contributed by atoms with E-state index in [0.717, 1.165) is 25.3 Å². The number of ether oxygens (including phenoxy) is 1. The number of hydrogen-bond donors (Lipinski definition) is 1. The van der Waals surface area contributed by atoms with Crippen molar-refractivity contribution in [1.82, 2.24) is 5.32 Å². The van der Waals surface area contributed by atoms with Crippen LogP contribution in [-0.4, -0.2) is 25.2 Å². The maximum Gasteiger partial charge on any atom is 0.399 e. The Labute approximate surface area is 195 Å². The van der Waals surface area contributed by atoms with Crippen LogP contribution in [0.4, 0.5) is 13.2 Å². The number of allylic oxidation sites excluding steroid dienone is 1. The van der Waals surface area contributed by atoms with Crippen molar-refractivity contribution in [1.29, 1.82) is 0 Å². The maximum atomic E-state index is 13.6. The first-order chi connectivity index (χ1) is 14.4. The molecule has 0 aromatic heterocycles. The fourth-order valence-corrected chi connectivity index (χ4v) is 3.39. The van der Waals surface area contributed by atoms with E-state index in [0.29, 0.717) is 11.1 Å². The molecule has 0 heterocycles. The number of carbonyl (C=O) groups is 2. The van der Waals surface area contributed by atoms with Crippen molar-refractivity contribution in [2.24, 2.45) is 0 Å². The molecule has 0 fully saturated rings. The molecule has 0 radical (unpaired) electrons. The van der Waals surface area contributed by atoms with E-state index in [-0.39, 0.29) is 32.2 Å².